The molecule has 2 amide bonds. The molecule has 0 unspecified atom stereocenters. The highest BCUT2D eigenvalue weighted by Crippen LogP contribution is 2.31. The number of hydrogen-bond donors (Lipinski definition) is 4. The summed E-state index contributed by atoms with van der Waals surface area (Å²) < 4.78 is 43.7. The molecule has 1 fully saturated rings. The van der Waals surface area contributed by atoms with Gasteiger partial charge in [-0.15, -0.1) is 0 Å². The lowest BCUT2D eigenvalue weighted by Crippen LogP contribution is -2.43. The highest BCUT2D eigenvalue weighted by Gasteiger charge is 2.22. The molecule has 2 aromatic carbocycles. The van der Waals surface area contributed by atoms with E-state index in [1.54, 1.807) is 48.9 Å². The monoisotopic (exact) mass is 561 g/mol. The molecule has 0 atom stereocenters. The molecule has 4 N–H and O–H groups in total. The van der Waals surface area contributed by atoms with Gasteiger partial charge in [0.1, 0.15) is 11.6 Å². The van der Waals surface area contributed by atoms with Crippen molar-refractivity contribution >= 4 is 33.2 Å². The topological polar surface area (TPSA) is 128 Å². The minimum Gasteiger partial charge on any atom is -0.354 e. The van der Waals surface area contributed by atoms with Gasteiger partial charge in [-0.1, -0.05) is 6.07 Å². The molecule has 5 rings (SSSR count). The molecular weight excluding hydrogens is 533 g/mol. The first kappa shape index (κ1) is 27.0. The van der Waals surface area contributed by atoms with Gasteiger partial charge in [0.25, 0.3) is 10.0 Å². The molecule has 40 heavy (non-hydrogen) atoms. The van der Waals surface area contributed by atoms with E-state index in [4.69, 9.17) is 0 Å². The molecule has 0 bridgehead atoms. The summed E-state index contributed by atoms with van der Waals surface area (Å²) in [4.78, 5) is 22.7. The Morgan fingerprint density at radius 1 is 0.975 bits per heavy atom. The summed E-state index contributed by atoms with van der Waals surface area (Å²) in [6.45, 7) is 3.48. The van der Waals surface area contributed by atoms with Crippen LogP contribution in [0.25, 0.3) is 11.1 Å². The molecular formula is C28H28FN7O3S. The standard InChI is InChI=1S/C28H28FN7O3S/c29-22-3-8-26(25(17-22)21-9-11-32-27(16-21)36-14-12-30-13-15-36)40(38,39)35-24-6-4-23(5-7-24)34-28(37)33-19-20-2-1-10-31-18-20/h1-11,16-18,30,35H,12-15,19H2,(H2,33,34,37). The van der Waals surface area contributed by atoms with Crippen LogP contribution in [0.1, 0.15) is 5.56 Å². The van der Waals surface area contributed by atoms with Crippen molar-refractivity contribution in [1.82, 2.24) is 20.6 Å². The second-order valence-electron chi connectivity index (χ2n) is 9.13. The summed E-state index contributed by atoms with van der Waals surface area (Å²) >= 11 is 0. The van der Waals surface area contributed by atoms with Gasteiger partial charge in [0.15, 0.2) is 0 Å². The number of sulfonamides is 1. The minimum absolute atomic E-state index is 0.0664. The molecule has 1 aliphatic rings. The molecule has 0 spiro atoms. The largest absolute Gasteiger partial charge is 0.354 e. The van der Waals surface area contributed by atoms with E-state index in [0.29, 0.717) is 23.6 Å². The van der Waals surface area contributed by atoms with E-state index in [1.165, 1.54) is 24.3 Å². The van der Waals surface area contributed by atoms with Crippen molar-refractivity contribution in [2.24, 2.45) is 0 Å². The van der Waals surface area contributed by atoms with Crippen LogP contribution in [0.5, 0.6) is 0 Å². The molecule has 0 radical (unpaired) electrons. The van der Waals surface area contributed by atoms with E-state index < -0.39 is 21.9 Å². The van der Waals surface area contributed by atoms with Crippen LogP contribution in [0.3, 0.4) is 0 Å². The fourth-order valence-electron chi connectivity index (χ4n) is 4.31. The predicted molar refractivity (Wildman–Crippen MR) is 152 cm³/mol. The van der Waals surface area contributed by atoms with E-state index in [0.717, 1.165) is 37.8 Å². The Morgan fingerprint density at radius 2 is 1.75 bits per heavy atom. The number of pyridine rings is 2. The van der Waals surface area contributed by atoms with Gasteiger partial charge in [-0.25, -0.2) is 22.6 Å². The van der Waals surface area contributed by atoms with E-state index in [1.807, 2.05) is 6.07 Å². The molecule has 206 valence electrons. The average Bonchev–Trinajstić information content (AvgIpc) is 2.98. The second kappa shape index (κ2) is 12.1. The zero-order valence-electron chi connectivity index (χ0n) is 21.5. The van der Waals surface area contributed by atoms with Crippen molar-refractivity contribution in [2.45, 2.75) is 11.4 Å². The summed E-state index contributed by atoms with van der Waals surface area (Å²) in [7, 11) is -4.09. The molecule has 12 heteroatoms. The molecule has 1 saturated heterocycles. The van der Waals surface area contributed by atoms with E-state index >= 15 is 0 Å². The first-order valence-corrected chi connectivity index (χ1v) is 14.1. The highest BCUT2D eigenvalue weighted by molar-refractivity contribution is 7.92. The number of hydrogen-bond acceptors (Lipinski definition) is 7. The molecule has 3 heterocycles. The third-order valence-electron chi connectivity index (χ3n) is 6.30. The van der Waals surface area contributed by atoms with E-state index in [-0.39, 0.29) is 16.1 Å². The Morgan fingerprint density at radius 3 is 2.50 bits per heavy atom. The molecule has 10 nitrogen and oxygen atoms in total. The SMILES string of the molecule is O=C(NCc1cccnc1)Nc1ccc(NS(=O)(=O)c2ccc(F)cc2-c2ccnc(N3CCNCC3)c2)cc1. The number of halogens is 1. The molecule has 0 saturated carbocycles. The third kappa shape index (κ3) is 6.71. The fraction of sp³-hybridized carbons (Fsp3) is 0.179. The average molecular weight is 562 g/mol. The lowest BCUT2D eigenvalue weighted by molar-refractivity contribution is 0.251. The van der Waals surface area contributed by atoms with E-state index in [9.17, 15) is 17.6 Å². The summed E-state index contributed by atoms with van der Waals surface area (Å²) in [5.41, 5.74) is 2.39. The Hall–Kier alpha value is -4.55. The maximum Gasteiger partial charge on any atom is 0.319 e. The maximum atomic E-state index is 14.3. The molecule has 0 aliphatic carbocycles. The number of anilines is 3. The van der Waals surface area contributed by atoms with Crippen LogP contribution in [0.15, 0.2) is 90.2 Å². The highest BCUT2D eigenvalue weighted by atomic mass is 32.2. The van der Waals surface area contributed by atoms with Gasteiger partial charge in [-0.3, -0.25) is 9.71 Å². The van der Waals surface area contributed by atoms with Crippen LogP contribution in [-0.2, 0) is 16.6 Å². The van der Waals surface area contributed by atoms with Gasteiger partial charge in [-0.05, 0) is 71.8 Å². The number of carbonyl (C=O) groups excluding carboxylic acids is 1. The predicted octanol–water partition coefficient (Wildman–Crippen LogP) is 3.81. The number of rotatable bonds is 8. The molecule has 2 aromatic heterocycles. The van der Waals surface area contributed by atoms with Crippen molar-refractivity contribution in [3.05, 3.63) is 96.7 Å². The van der Waals surface area contributed by atoms with Gasteiger partial charge in [0.2, 0.25) is 0 Å². The summed E-state index contributed by atoms with van der Waals surface area (Å²) in [6.07, 6.45) is 4.91. The lowest BCUT2D eigenvalue weighted by Gasteiger charge is -2.28. The van der Waals surface area contributed by atoms with Gasteiger partial charge >= 0.3 is 6.03 Å². The Balaban J connectivity index is 1.30. The quantitative estimate of drug-likeness (QED) is 0.258. The van der Waals surface area contributed by atoms with Crippen molar-refractivity contribution < 1.29 is 17.6 Å². The number of nitrogens with one attached hydrogen (secondary N) is 4. The first-order chi connectivity index (χ1) is 19.4. The van der Waals surface area contributed by atoms with Gasteiger partial charge in [0.05, 0.1) is 4.90 Å². The zero-order valence-corrected chi connectivity index (χ0v) is 22.3. The number of carbonyl (C=O) groups is 1. The Kier molecular flexibility index (Phi) is 8.18. The Bertz CT molecular complexity index is 1580. The number of benzene rings is 2. The van der Waals surface area contributed by atoms with Gasteiger partial charge in [-0.2, -0.15) is 0 Å². The van der Waals surface area contributed by atoms with Crippen LogP contribution in [-0.4, -0.2) is 50.6 Å². The van der Waals surface area contributed by atoms with E-state index in [2.05, 4.69) is 35.5 Å². The second-order valence-corrected chi connectivity index (χ2v) is 10.8. The van der Waals surface area contributed by atoms with Crippen LogP contribution < -0.4 is 25.6 Å². The van der Waals surface area contributed by atoms with Crippen LogP contribution in [0, 0.1) is 5.82 Å². The zero-order chi connectivity index (χ0) is 28.0. The minimum atomic E-state index is -4.09. The number of nitrogens with zero attached hydrogens (tertiary/aromatic N) is 3. The van der Waals surface area contributed by atoms with Crippen LogP contribution in [0.2, 0.25) is 0 Å². The number of aromatic nitrogens is 2. The maximum absolute atomic E-state index is 14.3. The van der Waals surface area contributed by atoms with Crippen molar-refractivity contribution in [3.8, 4) is 11.1 Å². The smallest absolute Gasteiger partial charge is 0.319 e. The van der Waals surface area contributed by atoms with Crippen LogP contribution >= 0.6 is 0 Å². The molecule has 1 aliphatic heterocycles. The number of urea groups is 1. The van der Waals surface area contributed by atoms with Crippen molar-refractivity contribution in [2.75, 3.05) is 41.1 Å². The van der Waals surface area contributed by atoms with Crippen molar-refractivity contribution in [3.63, 3.8) is 0 Å². The first-order valence-electron chi connectivity index (χ1n) is 12.7. The third-order valence-corrected chi connectivity index (χ3v) is 7.74. The summed E-state index contributed by atoms with van der Waals surface area (Å²) in [6, 6.07) is 16.5. The van der Waals surface area contributed by atoms with Crippen molar-refractivity contribution in [1.29, 1.82) is 0 Å². The number of piperazine rings is 1. The summed E-state index contributed by atoms with van der Waals surface area (Å²) in [5.74, 6) is 0.152. The van der Waals surface area contributed by atoms with Crippen LogP contribution in [0.4, 0.5) is 26.4 Å². The molecule has 4 aromatic rings. The lowest BCUT2D eigenvalue weighted by atomic mass is 10.1. The van der Waals surface area contributed by atoms with Gasteiger partial charge in [0, 0.05) is 68.3 Å². The normalized spacial score (nSPS) is 13.5. The fourth-order valence-corrected chi connectivity index (χ4v) is 5.58. The summed E-state index contributed by atoms with van der Waals surface area (Å²) in [5, 5.41) is 8.71. The number of amides is 2. The van der Waals surface area contributed by atoms with Gasteiger partial charge < -0.3 is 20.9 Å². The Labute approximate surface area is 231 Å².